The van der Waals surface area contributed by atoms with E-state index in [4.69, 9.17) is 0 Å². The summed E-state index contributed by atoms with van der Waals surface area (Å²) < 4.78 is 0. The molecule has 0 aliphatic heterocycles. The fourth-order valence-electron chi connectivity index (χ4n) is 2.12. The molecular weight excluding hydrogens is 210 g/mol. The van der Waals surface area contributed by atoms with Crippen LogP contribution in [0.2, 0.25) is 0 Å². The predicted molar refractivity (Wildman–Crippen MR) is 66.8 cm³/mol. The Labute approximate surface area is 99.5 Å². The molecule has 0 bridgehead atoms. The van der Waals surface area contributed by atoms with Crippen molar-refractivity contribution in [3.05, 3.63) is 78.1 Å². The van der Waals surface area contributed by atoms with E-state index in [0.717, 1.165) is 0 Å². The second kappa shape index (κ2) is 4.29. The van der Waals surface area contributed by atoms with Gasteiger partial charge in [-0.1, -0.05) is 6.07 Å². The number of hydrogen-bond acceptors (Lipinski definition) is 1. The molecule has 3 nitrogen and oxygen atoms in total. The van der Waals surface area contributed by atoms with Crippen LogP contribution in [0.25, 0.3) is 0 Å². The van der Waals surface area contributed by atoms with Crippen molar-refractivity contribution < 1.29 is 0 Å². The van der Waals surface area contributed by atoms with Crippen LogP contribution in [0.4, 0.5) is 0 Å². The van der Waals surface area contributed by atoms with Crippen LogP contribution in [0, 0.1) is 0 Å². The van der Waals surface area contributed by atoms with Gasteiger partial charge in [0.15, 0.2) is 0 Å². The lowest BCUT2D eigenvalue weighted by Crippen LogP contribution is -2.04. The molecule has 0 unspecified atom stereocenters. The van der Waals surface area contributed by atoms with Gasteiger partial charge in [-0.25, -0.2) is 0 Å². The smallest absolute Gasteiger partial charge is 0.0656 e. The predicted octanol–water partition coefficient (Wildman–Crippen LogP) is 2.92. The molecule has 3 rings (SSSR count). The van der Waals surface area contributed by atoms with E-state index in [9.17, 15) is 0 Å². The van der Waals surface area contributed by atoms with Crippen LogP contribution in [0.1, 0.15) is 22.9 Å². The second-order valence-electron chi connectivity index (χ2n) is 3.97. The number of H-pyrrole nitrogens is 2. The van der Waals surface area contributed by atoms with Gasteiger partial charge in [0.2, 0.25) is 0 Å². The SMILES string of the molecule is c1cncc(C(c2ccc[nH]2)c2ccc[nH]2)c1. The number of pyridine rings is 1. The van der Waals surface area contributed by atoms with Crippen LogP contribution in [-0.4, -0.2) is 15.0 Å². The van der Waals surface area contributed by atoms with Gasteiger partial charge in [-0.15, -0.1) is 0 Å². The van der Waals surface area contributed by atoms with E-state index in [1.54, 1.807) is 6.20 Å². The first-order valence-electron chi connectivity index (χ1n) is 5.61. The third-order valence-electron chi connectivity index (χ3n) is 2.88. The summed E-state index contributed by atoms with van der Waals surface area (Å²) in [6, 6.07) is 12.3. The van der Waals surface area contributed by atoms with Gasteiger partial charge >= 0.3 is 0 Å². The fraction of sp³-hybridized carbons (Fsp3) is 0.0714. The first-order chi connectivity index (χ1) is 8.45. The molecule has 3 heterocycles. The van der Waals surface area contributed by atoms with Gasteiger partial charge in [0.05, 0.1) is 5.92 Å². The molecule has 2 N–H and O–H groups in total. The highest BCUT2D eigenvalue weighted by Crippen LogP contribution is 2.28. The van der Waals surface area contributed by atoms with E-state index in [1.807, 2.05) is 36.8 Å². The summed E-state index contributed by atoms with van der Waals surface area (Å²) >= 11 is 0. The molecule has 0 aliphatic rings. The Bertz CT molecular complexity index is 519. The first kappa shape index (κ1) is 9.90. The molecule has 3 aromatic rings. The van der Waals surface area contributed by atoms with Crippen LogP contribution >= 0.6 is 0 Å². The molecular formula is C14H13N3. The van der Waals surface area contributed by atoms with Crippen molar-refractivity contribution in [2.45, 2.75) is 5.92 Å². The summed E-state index contributed by atoms with van der Waals surface area (Å²) in [6.07, 6.45) is 7.60. The van der Waals surface area contributed by atoms with Crippen molar-refractivity contribution in [2.24, 2.45) is 0 Å². The van der Waals surface area contributed by atoms with Gasteiger partial charge in [-0.3, -0.25) is 4.98 Å². The third kappa shape index (κ3) is 1.87. The minimum Gasteiger partial charge on any atom is -0.364 e. The normalized spacial score (nSPS) is 10.9. The monoisotopic (exact) mass is 223 g/mol. The number of nitrogens with zero attached hydrogens (tertiary/aromatic N) is 1. The summed E-state index contributed by atoms with van der Waals surface area (Å²) in [4.78, 5) is 10.8. The Morgan fingerprint density at radius 3 is 2.06 bits per heavy atom. The molecule has 3 aromatic heterocycles. The van der Waals surface area contributed by atoms with Crippen molar-refractivity contribution in [1.82, 2.24) is 15.0 Å². The zero-order valence-corrected chi connectivity index (χ0v) is 9.30. The van der Waals surface area contributed by atoms with E-state index < -0.39 is 0 Å². The highest BCUT2D eigenvalue weighted by atomic mass is 14.7. The van der Waals surface area contributed by atoms with Gasteiger partial charge in [0.25, 0.3) is 0 Å². The van der Waals surface area contributed by atoms with E-state index in [2.05, 4.69) is 33.2 Å². The Kier molecular flexibility index (Phi) is 2.50. The lowest BCUT2D eigenvalue weighted by Gasteiger charge is -2.14. The molecule has 17 heavy (non-hydrogen) atoms. The minimum atomic E-state index is 0.189. The Morgan fingerprint density at radius 2 is 1.59 bits per heavy atom. The number of aromatic amines is 2. The van der Waals surface area contributed by atoms with Crippen LogP contribution in [0.15, 0.2) is 61.2 Å². The third-order valence-corrected chi connectivity index (χ3v) is 2.88. The average molecular weight is 223 g/mol. The molecule has 0 atom stereocenters. The van der Waals surface area contributed by atoms with Crippen molar-refractivity contribution >= 4 is 0 Å². The zero-order chi connectivity index (χ0) is 11.5. The van der Waals surface area contributed by atoms with Crippen molar-refractivity contribution in [1.29, 1.82) is 0 Å². The molecule has 0 radical (unpaired) electrons. The van der Waals surface area contributed by atoms with Gasteiger partial charge in [0.1, 0.15) is 0 Å². The standard InChI is InChI=1S/C14H13N3/c1-4-11(10-15-7-1)14(12-5-2-8-16-12)13-6-3-9-17-13/h1-10,14,16-17H. The highest BCUT2D eigenvalue weighted by Gasteiger charge is 2.17. The molecule has 0 fully saturated rings. The van der Waals surface area contributed by atoms with Crippen LogP contribution in [-0.2, 0) is 0 Å². The molecule has 0 spiro atoms. The van der Waals surface area contributed by atoms with Gasteiger partial charge in [0, 0.05) is 36.2 Å². The molecule has 0 aromatic carbocycles. The number of aromatic nitrogens is 3. The van der Waals surface area contributed by atoms with Crippen molar-refractivity contribution in [2.75, 3.05) is 0 Å². The van der Waals surface area contributed by atoms with Crippen molar-refractivity contribution in [3.63, 3.8) is 0 Å². The van der Waals surface area contributed by atoms with Gasteiger partial charge in [-0.2, -0.15) is 0 Å². The molecule has 0 amide bonds. The van der Waals surface area contributed by atoms with Crippen LogP contribution < -0.4 is 0 Å². The molecule has 0 aliphatic carbocycles. The average Bonchev–Trinajstić information content (AvgIpc) is 3.04. The quantitative estimate of drug-likeness (QED) is 0.704. The van der Waals surface area contributed by atoms with E-state index in [0.29, 0.717) is 0 Å². The van der Waals surface area contributed by atoms with Crippen molar-refractivity contribution in [3.8, 4) is 0 Å². The first-order valence-corrected chi connectivity index (χ1v) is 5.61. The van der Waals surface area contributed by atoms with Crippen LogP contribution in [0.3, 0.4) is 0 Å². The van der Waals surface area contributed by atoms with Crippen LogP contribution in [0.5, 0.6) is 0 Å². The number of rotatable bonds is 3. The van der Waals surface area contributed by atoms with E-state index in [-0.39, 0.29) is 5.92 Å². The largest absolute Gasteiger partial charge is 0.364 e. The summed E-state index contributed by atoms with van der Waals surface area (Å²) in [5.74, 6) is 0.189. The summed E-state index contributed by atoms with van der Waals surface area (Å²) in [5, 5.41) is 0. The summed E-state index contributed by atoms with van der Waals surface area (Å²) in [7, 11) is 0. The maximum atomic E-state index is 4.20. The Hall–Kier alpha value is -2.29. The fourth-order valence-corrected chi connectivity index (χ4v) is 2.12. The number of hydrogen-bond donors (Lipinski definition) is 2. The highest BCUT2D eigenvalue weighted by molar-refractivity contribution is 5.36. The van der Waals surface area contributed by atoms with E-state index in [1.165, 1.54) is 17.0 Å². The van der Waals surface area contributed by atoms with E-state index >= 15 is 0 Å². The van der Waals surface area contributed by atoms with Gasteiger partial charge < -0.3 is 9.97 Å². The number of nitrogens with one attached hydrogen (secondary N) is 2. The van der Waals surface area contributed by atoms with Gasteiger partial charge in [-0.05, 0) is 35.9 Å². The molecule has 84 valence electrons. The second-order valence-corrected chi connectivity index (χ2v) is 3.97. The lowest BCUT2D eigenvalue weighted by atomic mass is 9.94. The maximum Gasteiger partial charge on any atom is 0.0656 e. The summed E-state index contributed by atoms with van der Waals surface area (Å²) in [6.45, 7) is 0. The lowest BCUT2D eigenvalue weighted by molar-refractivity contribution is 0.890. The summed E-state index contributed by atoms with van der Waals surface area (Å²) in [5.41, 5.74) is 3.51. The Balaban J connectivity index is 2.10. The Morgan fingerprint density at radius 1 is 0.882 bits per heavy atom. The molecule has 3 heteroatoms. The molecule has 0 saturated carbocycles. The minimum absolute atomic E-state index is 0.189. The zero-order valence-electron chi connectivity index (χ0n) is 9.30. The molecule has 0 saturated heterocycles. The maximum absolute atomic E-state index is 4.20. The topological polar surface area (TPSA) is 44.5 Å².